The fraction of sp³-hybridized carbons (Fsp3) is 0.182. The van der Waals surface area contributed by atoms with Crippen molar-refractivity contribution in [1.29, 1.82) is 0 Å². The van der Waals surface area contributed by atoms with Crippen molar-refractivity contribution in [2.24, 2.45) is 0 Å². The Hall–Kier alpha value is -2.83. The molecule has 0 aliphatic heterocycles. The zero-order valence-corrected chi connectivity index (χ0v) is 17.8. The quantitative estimate of drug-likeness (QED) is 0.526. The molecule has 3 rings (SSSR count). The van der Waals surface area contributed by atoms with Crippen molar-refractivity contribution in [2.45, 2.75) is 13.8 Å². The standard InChI is InChI=1S/C22H20ClNO4S/c1-13-8-10-15(11-9-13)19-14(2)29-21(20(19)22(26)27-3)24-18(25)12-28-17-7-5-4-6-16(17)23/h4-11H,12H2,1-3H3,(H,24,25). The summed E-state index contributed by atoms with van der Waals surface area (Å²) < 4.78 is 10.4. The summed E-state index contributed by atoms with van der Waals surface area (Å²) in [5, 5.41) is 3.62. The highest BCUT2D eigenvalue weighted by Crippen LogP contribution is 2.40. The lowest BCUT2D eigenvalue weighted by molar-refractivity contribution is -0.118. The van der Waals surface area contributed by atoms with Gasteiger partial charge in [-0.2, -0.15) is 0 Å². The number of carbonyl (C=O) groups is 2. The van der Waals surface area contributed by atoms with Gasteiger partial charge in [-0.05, 0) is 31.5 Å². The van der Waals surface area contributed by atoms with Crippen LogP contribution in [-0.4, -0.2) is 25.6 Å². The Balaban J connectivity index is 1.86. The number of rotatable bonds is 6. The van der Waals surface area contributed by atoms with Crippen LogP contribution < -0.4 is 10.1 Å². The lowest BCUT2D eigenvalue weighted by Crippen LogP contribution is -2.21. The zero-order chi connectivity index (χ0) is 21.0. The summed E-state index contributed by atoms with van der Waals surface area (Å²) in [6.07, 6.45) is 0. The van der Waals surface area contributed by atoms with Crippen LogP contribution in [0.25, 0.3) is 11.1 Å². The van der Waals surface area contributed by atoms with Gasteiger partial charge in [0.1, 0.15) is 16.3 Å². The van der Waals surface area contributed by atoms with Crippen LogP contribution >= 0.6 is 22.9 Å². The zero-order valence-electron chi connectivity index (χ0n) is 16.2. The summed E-state index contributed by atoms with van der Waals surface area (Å²) in [4.78, 5) is 25.8. The van der Waals surface area contributed by atoms with Crippen LogP contribution in [0.1, 0.15) is 20.8 Å². The van der Waals surface area contributed by atoms with Crippen LogP contribution in [0, 0.1) is 13.8 Å². The number of carbonyl (C=O) groups excluding carboxylic acids is 2. The van der Waals surface area contributed by atoms with Gasteiger partial charge < -0.3 is 14.8 Å². The lowest BCUT2D eigenvalue weighted by atomic mass is 10.0. The highest BCUT2D eigenvalue weighted by Gasteiger charge is 2.25. The van der Waals surface area contributed by atoms with Gasteiger partial charge in [0.25, 0.3) is 5.91 Å². The lowest BCUT2D eigenvalue weighted by Gasteiger charge is -2.10. The molecule has 0 unspecified atom stereocenters. The fourth-order valence-corrected chi connectivity index (χ4v) is 4.14. The largest absolute Gasteiger partial charge is 0.482 e. The summed E-state index contributed by atoms with van der Waals surface area (Å²) in [5.74, 6) is -0.487. The number of hydrogen-bond acceptors (Lipinski definition) is 5. The SMILES string of the molecule is COC(=O)c1c(NC(=O)COc2ccccc2Cl)sc(C)c1-c1ccc(C)cc1. The first-order valence-electron chi connectivity index (χ1n) is 8.86. The van der Waals surface area contributed by atoms with E-state index in [1.54, 1.807) is 24.3 Å². The van der Waals surface area contributed by atoms with Gasteiger partial charge in [0, 0.05) is 10.4 Å². The van der Waals surface area contributed by atoms with E-state index in [1.807, 2.05) is 38.1 Å². The number of hydrogen-bond donors (Lipinski definition) is 1. The maximum atomic E-state index is 12.5. The average Bonchev–Trinajstić information content (AvgIpc) is 3.03. The molecule has 150 valence electrons. The molecule has 0 fully saturated rings. The molecule has 5 nitrogen and oxygen atoms in total. The average molecular weight is 430 g/mol. The van der Waals surface area contributed by atoms with Gasteiger partial charge in [-0.1, -0.05) is 53.6 Å². The third kappa shape index (κ3) is 4.78. The van der Waals surface area contributed by atoms with Crippen molar-refractivity contribution in [3.05, 3.63) is 69.6 Å². The second kappa shape index (κ2) is 9.11. The summed E-state index contributed by atoms with van der Waals surface area (Å²) >= 11 is 7.36. The minimum absolute atomic E-state index is 0.235. The maximum absolute atomic E-state index is 12.5. The summed E-state index contributed by atoms with van der Waals surface area (Å²) in [6, 6.07) is 14.8. The molecule has 0 aliphatic carbocycles. The number of halogens is 1. The van der Waals surface area contributed by atoms with Gasteiger partial charge in [0.2, 0.25) is 0 Å². The first kappa shape index (κ1) is 20.9. The molecule has 3 aromatic rings. The Bertz CT molecular complexity index is 1040. The number of anilines is 1. The second-order valence-corrected chi connectivity index (χ2v) is 7.99. The van der Waals surface area contributed by atoms with E-state index in [1.165, 1.54) is 18.4 Å². The van der Waals surface area contributed by atoms with E-state index in [2.05, 4.69) is 5.32 Å². The number of ether oxygens (including phenoxy) is 2. The number of aryl methyl sites for hydroxylation is 2. The third-order valence-corrected chi connectivity index (χ3v) is 5.60. The topological polar surface area (TPSA) is 64.6 Å². The molecule has 0 radical (unpaired) electrons. The van der Waals surface area contributed by atoms with Crippen molar-refractivity contribution in [3.63, 3.8) is 0 Å². The molecule has 1 amide bonds. The summed E-state index contributed by atoms with van der Waals surface area (Å²) in [7, 11) is 1.32. The smallest absolute Gasteiger partial charge is 0.341 e. The maximum Gasteiger partial charge on any atom is 0.341 e. The van der Waals surface area contributed by atoms with Crippen LogP contribution in [0.15, 0.2) is 48.5 Å². The molecule has 7 heteroatoms. The minimum atomic E-state index is -0.507. The number of para-hydroxylation sites is 1. The molecule has 0 spiro atoms. The predicted octanol–water partition coefficient (Wildman–Crippen LogP) is 5.49. The predicted molar refractivity (Wildman–Crippen MR) is 116 cm³/mol. The molecule has 0 saturated carbocycles. The van der Waals surface area contributed by atoms with Gasteiger partial charge in [-0.15, -0.1) is 11.3 Å². The first-order chi connectivity index (χ1) is 13.9. The normalized spacial score (nSPS) is 10.5. The van der Waals surface area contributed by atoms with Crippen LogP contribution in [0.2, 0.25) is 5.02 Å². The van der Waals surface area contributed by atoms with Crippen molar-refractivity contribution >= 4 is 39.8 Å². The first-order valence-corrected chi connectivity index (χ1v) is 10.1. The van der Waals surface area contributed by atoms with Crippen LogP contribution in [-0.2, 0) is 9.53 Å². The third-order valence-electron chi connectivity index (χ3n) is 4.26. The molecule has 1 heterocycles. The molecule has 2 aromatic carbocycles. The van der Waals surface area contributed by atoms with Crippen molar-refractivity contribution in [2.75, 3.05) is 19.0 Å². The minimum Gasteiger partial charge on any atom is -0.482 e. The van der Waals surface area contributed by atoms with Gasteiger partial charge in [-0.3, -0.25) is 4.79 Å². The van der Waals surface area contributed by atoms with Crippen LogP contribution in [0.3, 0.4) is 0 Å². The molecule has 1 aromatic heterocycles. The number of nitrogens with one attached hydrogen (secondary N) is 1. The van der Waals surface area contributed by atoms with E-state index >= 15 is 0 Å². The number of thiophene rings is 1. The molecule has 1 N–H and O–H groups in total. The summed E-state index contributed by atoms with van der Waals surface area (Å²) in [6.45, 7) is 3.67. The number of esters is 1. The Morgan fingerprint density at radius 1 is 1.07 bits per heavy atom. The summed E-state index contributed by atoms with van der Waals surface area (Å²) in [5.41, 5.74) is 3.10. The van der Waals surface area contributed by atoms with Crippen molar-refractivity contribution < 1.29 is 19.1 Å². The molecule has 0 aliphatic rings. The highest BCUT2D eigenvalue weighted by molar-refractivity contribution is 7.17. The molecule has 0 bridgehead atoms. The Kier molecular flexibility index (Phi) is 6.56. The van der Waals surface area contributed by atoms with E-state index in [4.69, 9.17) is 21.1 Å². The molecular formula is C22H20ClNO4S. The molecule has 0 atom stereocenters. The van der Waals surface area contributed by atoms with E-state index in [9.17, 15) is 9.59 Å². The second-order valence-electron chi connectivity index (χ2n) is 6.36. The molecular weight excluding hydrogens is 410 g/mol. The van der Waals surface area contributed by atoms with Gasteiger partial charge in [-0.25, -0.2) is 4.79 Å². The highest BCUT2D eigenvalue weighted by atomic mass is 35.5. The number of methoxy groups -OCH3 is 1. The van der Waals surface area contributed by atoms with Crippen LogP contribution in [0.4, 0.5) is 5.00 Å². The van der Waals surface area contributed by atoms with E-state index in [-0.39, 0.29) is 6.61 Å². The van der Waals surface area contributed by atoms with E-state index in [0.29, 0.717) is 21.3 Å². The van der Waals surface area contributed by atoms with Crippen LogP contribution in [0.5, 0.6) is 5.75 Å². The van der Waals surface area contributed by atoms with Gasteiger partial charge in [0.05, 0.1) is 12.1 Å². The number of amides is 1. The van der Waals surface area contributed by atoms with E-state index < -0.39 is 11.9 Å². The van der Waals surface area contributed by atoms with Gasteiger partial charge in [0.15, 0.2) is 6.61 Å². The van der Waals surface area contributed by atoms with Crippen molar-refractivity contribution in [3.8, 4) is 16.9 Å². The monoisotopic (exact) mass is 429 g/mol. The molecule has 0 saturated heterocycles. The van der Waals surface area contributed by atoms with E-state index in [0.717, 1.165) is 21.6 Å². The Morgan fingerprint density at radius 2 is 1.76 bits per heavy atom. The fourth-order valence-electron chi connectivity index (χ4n) is 2.87. The number of benzene rings is 2. The van der Waals surface area contributed by atoms with Crippen molar-refractivity contribution in [1.82, 2.24) is 0 Å². The van der Waals surface area contributed by atoms with Gasteiger partial charge >= 0.3 is 5.97 Å². The molecule has 29 heavy (non-hydrogen) atoms. The Morgan fingerprint density at radius 3 is 2.41 bits per heavy atom. The Labute approximate surface area is 178 Å².